The molecule has 3 aromatic heterocycles. The Morgan fingerprint density at radius 1 is 1.11 bits per heavy atom. The number of aryl methyl sites for hydroxylation is 2. The normalized spacial score (nSPS) is 12.2. The van der Waals surface area contributed by atoms with Crippen LogP contribution in [-0.4, -0.2) is 19.9 Å². The molecular weight excluding hydrogens is 363 g/mol. The molecule has 0 aliphatic heterocycles. The van der Waals surface area contributed by atoms with E-state index in [0.717, 1.165) is 0 Å². The number of nitrogen functional groups attached to an aromatic ring is 1. The number of nitrogens with two attached hydrogens (primary N) is 1. The van der Waals surface area contributed by atoms with Crippen molar-refractivity contribution in [2.24, 2.45) is 0 Å². The van der Waals surface area contributed by atoms with E-state index in [2.05, 4.69) is 15.3 Å². The van der Waals surface area contributed by atoms with Crippen LogP contribution in [0, 0.1) is 13.8 Å². The molecule has 4 rings (SSSR count). The van der Waals surface area contributed by atoms with Gasteiger partial charge in [0.25, 0.3) is 5.89 Å². The Hall–Kier alpha value is -3.30. The maximum Gasteiger partial charge on any atom is 0.419 e. The lowest BCUT2D eigenvalue weighted by Gasteiger charge is -2.12. The molecule has 4 aromatic rings. The molecule has 2 N–H and O–H groups in total. The number of halogens is 3. The number of benzene rings is 1. The summed E-state index contributed by atoms with van der Waals surface area (Å²) in [4.78, 5) is 4.30. The van der Waals surface area contributed by atoms with Crippen molar-refractivity contribution in [2.45, 2.75) is 26.6 Å². The molecule has 140 valence electrons. The third-order valence-electron chi connectivity index (χ3n) is 4.30. The molecule has 3 heterocycles. The number of rotatable bonds is 3. The average Bonchev–Trinajstić information content (AvgIpc) is 3.27. The lowest BCUT2D eigenvalue weighted by molar-refractivity contribution is -0.135. The molecule has 0 amide bonds. The van der Waals surface area contributed by atoms with Crippen molar-refractivity contribution in [1.82, 2.24) is 19.9 Å². The highest BCUT2D eigenvalue weighted by Gasteiger charge is 2.35. The quantitative estimate of drug-likeness (QED) is 0.543. The molecule has 0 aliphatic rings. The van der Waals surface area contributed by atoms with E-state index in [9.17, 15) is 13.2 Å². The Morgan fingerprint density at radius 2 is 1.89 bits per heavy atom. The predicted molar refractivity (Wildman–Crippen MR) is 89.7 cm³/mol. The van der Waals surface area contributed by atoms with Crippen LogP contribution >= 0.6 is 0 Å². The summed E-state index contributed by atoms with van der Waals surface area (Å²) in [6.07, 6.45) is -3.01. The van der Waals surface area contributed by atoms with Gasteiger partial charge in [-0.2, -0.15) is 18.2 Å². The first-order valence-electron chi connectivity index (χ1n) is 7.96. The molecule has 0 atom stereocenters. The van der Waals surface area contributed by atoms with Gasteiger partial charge in [-0.25, -0.2) is 0 Å². The van der Waals surface area contributed by atoms with E-state index in [1.165, 1.54) is 24.4 Å². The summed E-state index contributed by atoms with van der Waals surface area (Å²) < 4.78 is 51.9. The van der Waals surface area contributed by atoms with E-state index in [0.29, 0.717) is 28.4 Å². The summed E-state index contributed by atoms with van der Waals surface area (Å²) in [7, 11) is 0. The Bertz CT molecular complexity index is 1120. The molecule has 0 saturated heterocycles. The van der Waals surface area contributed by atoms with Crippen LogP contribution in [0.25, 0.3) is 22.4 Å². The SMILES string of the molecule is Cc1noc(C)c1-c1nc(Cn2ccc3c(C(F)(F)F)c(N)ccc32)no1. The number of aromatic nitrogens is 4. The zero-order valence-electron chi connectivity index (χ0n) is 14.3. The van der Waals surface area contributed by atoms with Gasteiger partial charge in [0.05, 0.1) is 17.8 Å². The Kier molecular flexibility index (Phi) is 3.72. The summed E-state index contributed by atoms with van der Waals surface area (Å²) in [6, 6.07) is 4.16. The average molecular weight is 377 g/mol. The predicted octanol–water partition coefficient (Wildman–Crippen LogP) is 3.95. The fraction of sp³-hybridized carbons (Fsp3) is 0.235. The van der Waals surface area contributed by atoms with E-state index in [1.54, 1.807) is 18.4 Å². The van der Waals surface area contributed by atoms with Crippen LogP contribution in [0.3, 0.4) is 0 Å². The van der Waals surface area contributed by atoms with Crippen LogP contribution in [0.5, 0.6) is 0 Å². The molecule has 7 nitrogen and oxygen atoms in total. The van der Waals surface area contributed by atoms with Gasteiger partial charge in [-0.3, -0.25) is 0 Å². The first-order chi connectivity index (χ1) is 12.8. The monoisotopic (exact) mass is 377 g/mol. The van der Waals surface area contributed by atoms with Crippen LogP contribution in [-0.2, 0) is 12.7 Å². The highest BCUT2D eigenvalue weighted by Crippen LogP contribution is 2.39. The molecule has 0 saturated carbocycles. The van der Waals surface area contributed by atoms with Crippen molar-refractivity contribution < 1.29 is 22.2 Å². The fourth-order valence-electron chi connectivity index (χ4n) is 3.10. The van der Waals surface area contributed by atoms with E-state index >= 15 is 0 Å². The minimum absolute atomic E-state index is 0.0249. The number of fused-ring (bicyclic) bond motifs is 1. The maximum atomic E-state index is 13.3. The number of anilines is 1. The molecule has 0 bridgehead atoms. The molecule has 0 spiro atoms. The number of nitrogens with zero attached hydrogens (tertiary/aromatic N) is 4. The van der Waals surface area contributed by atoms with Crippen LogP contribution in [0.4, 0.5) is 18.9 Å². The van der Waals surface area contributed by atoms with Crippen molar-refractivity contribution in [3.8, 4) is 11.5 Å². The van der Waals surface area contributed by atoms with Crippen LogP contribution in [0.1, 0.15) is 22.8 Å². The van der Waals surface area contributed by atoms with Crippen molar-refractivity contribution in [3.63, 3.8) is 0 Å². The number of hydrogen-bond donors (Lipinski definition) is 1. The van der Waals surface area contributed by atoms with Gasteiger partial charge >= 0.3 is 6.18 Å². The van der Waals surface area contributed by atoms with E-state index in [-0.39, 0.29) is 23.5 Å². The van der Waals surface area contributed by atoms with Crippen molar-refractivity contribution in [2.75, 3.05) is 5.73 Å². The fourth-order valence-corrected chi connectivity index (χ4v) is 3.10. The summed E-state index contributed by atoms with van der Waals surface area (Å²) >= 11 is 0. The lowest BCUT2D eigenvalue weighted by Crippen LogP contribution is -2.09. The second-order valence-electron chi connectivity index (χ2n) is 6.12. The van der Waals surface area contributed by atoms with Gasteiger partial charge in [-0.1, -0.05) is 10.3 Å². The van der Waals surface area contributed by atoms with E-state index in [4.69, 9.17) is 14.8 Å². The Labute approximate surface area is 150 Å². The third kappa shape index (κ3) is 2.82. The van der Waals surface area contributed by atoms with Crippen LogP contribution in [0.15, 0.2) is 33.4 Å². The second kappa shape index (κ2) is 5.86. The molecule has 0 aliphatic carbocycles. The first kappa shape index (κ1) is 17.1. The third-order valence-corrected chi connectivity index (χ3v) is 4.30. The number of alkyl halides is 3. The second-order valence-corrected chi connectivity index (χ2v) is 6.12. The van der Waals surface area contributed by atoms with Gasteiger partial charge in [0.1, 0.15) is 11.3 Å². The standard InChI is InChI=1S/C17H14F3N5O2/c1-8-14(9(2)26-23-8)16-22-13(24-27-16)7-25-6-5-10-12(25)4-3-11(21)15(10)17(18,19)20/h3-6H,7,21H2,1-2H3. The van der Waals surface area contributed by atoms with Gasteiger partial charge in [-0.05, 0) is 32.0 Å². The zero-order chi connectivity index (χ0) is 19.3. The molecule has 10 heteroatoms. The topological polar surface area (TPSA) is 95.9 Å². The maximum absolute atomic E-state index is 13.3. The lowest BCUT2D eigenvalue weighted by atomic mass is 10.1. The molecule has 0 unspecified atom stereocenters. The van der Waals surface area contributed by atoms with Gasteiger partial charge in [0, 0.05) is 22.8 Å². The van der Waals surface area contributed by atoms with Gasteiger partial charge < -0.3 is 19.3 Å². The molecular formula is C17H14F3N5O2. The zero-order valence-corrected chi connectivity index (χ0v) is 14.3. The molecule has 27 heavy (non-hydrogen) atoms. The summed E-state index contributed by atoms with van der Waals surface area (Å²) in [6.45, 7) is 3.61. The smallest absolute Gasteiger partial charge is 0.398 e. The minimum Gasteiger partial charge on any atom is -0.398 e. The summed E-state index contributed by atoms with van der Waals surface area (Å²) in [5, 5.41) is 7.76. The van der Waals surface area contributed by atoms with Crippen molar-refractivity contribution in [3.05, 3.63) is 47.2 Å². The number of hydrogen-bond acceptors (Lipinski definition) is 6. The summed E-state index contributed by atoms with van der Waals surface area (Å²) in [5.41, 5.74) is 5.98. The van der Waals surface area contributed by atoms with Crippen molar-refractivity contribution in [1.29, 1.82) is 0 Å². The molecule has 0 fully saturated rings. The van der Waals surface area contributed by atoms with Crippen LogP contribution in [0.2, 0.25) is 0 Å². The van der Waals surface area contributed by atoms with Gasteiger partial charge in [0.2, 0.25) is 0 Å². The van der Waals surface area contributed by atoms with E-state index < -0.39 is 11.7 Å². The summed E-state index contributed by atoms with van der Waals surface area (Å²) in [5.74, 6) is 1.10. The first-order valence-corrected chi connectivity index (χ1v) is 7.96. The van der Waals surface area contributed by atoms with Crippen LogP contribution < -0.4 is 5.73 Å². The van der Waals surface area contributed by atoms with E-state index in [1.807, 2.05) is 0 Å². The largest absolute Gasteiger partial charge is 0.419 e. The minimum atomic E-state index is -4.54. The Balaban J connectivity index is 1.71. The highest BCUT2D eigenvalue weighted by molar-refractivity contribution is 5.88. The molecule has 0 radical (unpaired) electrons. The molecule has 1 aromatic carbocycles. The Morgan fingerprint density at radius 3 is 2.56 bits per heavy atom. The van der Waals surface area contributed by atoms with Crippen molar-refractivity contribution >= 4 is 16.6 Å². The van der Waals surface area contributed by atoms with Gasteiger partial charge in [-0.15, -0.1) is 0 Å². The van der Waals surface area contributed by atoms with Gasteiger partial charge in [0.15, 0.2) is 5.82 Å². The highest BCUT2D eigenvalue weighted by atomic mass is 19.4.